The molecule has 0 unspecified atom stereocenters. The Morgan fingerprint density at radius 1 is 1.29 bits per heavy atom. The maximum Gasteiger partial charge on any atom is 0.204 e. The topological polar surface area (TPSA) is 80.5 Å². The molecule has 2 aromatic rings. The Morgan fingerprint density at radius 3 is 2.86 bits per heavy atom. The van der Waals surface area contributed by atoms with Gasteiger partial charge in [-0.2, -0.15) is 5.21 Å². The van der Waals surface area contributed by atoms with Gasteiger partial charge in [0.15, 0.2) is 0 Å². The molecule has 0 aliphatic heterocycles. The maximum atomic E-state index is 5.52. The molecule has 0 fully saturated rings. The SMILES string of the molecule is NCCc1ccccc1-c1nn[nH]n1. The molecule has 3 N–H and O–H groups in total. The minimum absolute atomic E-state index is 0.619. The Hall–Kier alpha value is -1.75. The van der Waals surface area contributed by atoms with Crippen LogP contribution in [-0.2, 0) is 6.42 Å². The first kappa shape index (κ1) is 8.83. The molecule has 72 valence electrons. The molecule has 0 amide bonds. The lowest BCUT2D eigenvalue weighted by atomic mass is 10.0. The quantitative estimate of drug-likeness (QED) is 0.730. The molecule has 1 aromatic heterocycles. The number of aromatic amines is 1. The Bertz CT molecular complexity index is 395. The molecule has 1 aromatic carbocycles. The summed E-state index contributed by atoms with van der Waals surface area (Å²) in [7, 11) is 0. The molecule has 0 radical (unpaired) electrons. The van der Waals surface area contributed by atoms with Gasteiger partial charge < -0.3 is 5.73 Å². The molecule has 0 saturated carbocycles. The van der Waals surface area contributed by atoms with Crippen LogP contribution >= 0.6 is 0 Å². The number of tetrazole rings is 1. The average molecular weight is 189 g/mol. The summed E-state index contributed by atoms with van der Waals surface area (Å²) in [5, 5.41) is 13.9. The molecular formula is C9H11N5. The zero-order chi connectivity index (χ0) is 9.80. The first-order valence-electron chi connectivity index (χ1n) is 4.43. The van der Waals surface area contributed by atoms with Gasteiger partial charge >= 0.3 is 0 Å². The van der Waals surface area contributed by atoms with Crippen LogP contribution in [0.1, 0.15) is 5.56 Å². The largest absolute Gasteiger partial charge is 0.330 e. The van der Waals surface area contributed by atoms with Crippen molar-refractivity contribution in [2.24, 2.45) is 5.73 Å². The van der Waals surface area contributed by atoms with E-state index in [1.54, 1.807) is 0 Å². The van der Waals surface area contributed by atoms with Crippen molar-refractivity contribution in [2.45, 2.75) is 6.42 Å². The third-order valence-electron chi connectivity index (χ3n) is 2.02. The molecule has 0 aliphatic carbocycles. The van der Waals surface area contributed by atoms with Crippen molar-refractivity contribution >= 4 is 0 Å². The second-order valence-electron chi connectivity index (χ2n) is 2.93. The third kappa shape index (κ3) is 1.62. The third-order valence-corrected chi connectivity index (χ3v) is 2.02. The van der Waals surface area contributed by atoms with E-state index in [-0.39, 0.29) is 0 Å². The number of benzene rings is 1. The lowest BCUT2D eigenvalue weighted by Gasteiger charge is -2.03. The highest BCUT2D eigenvalue weighted by Gasteiger charge is 2.06. The highest BCUT2D eigenvalue weighted by atomic mass is 15.5. The monoisotopic (exact) mass is 189 g/mol. The van der Waals surface area contributed by atoms with E-state index in [0.717, 1.165) is 17.5 Å². The minimum atomic E-state index is 0.619. The Morgan fingerprint density at radius 2 is 2.14 bits per heavy atom. The van der Waals surface area contributed by atoms with Crippen LogP contribution < -0.4 is 5.73 Å². The molecule has 0 saturated heterocycles. The Kier molecular flexibility index (Phi) is 2.51. The van der Waals surface area contributed by atoms with Gasteiger partial charge in [0.2, 0.25) is 5.82 Å². The van der Waals surface area contributed by atoms with Crippen LogP contribution in [0.25, 0.3) is 11.4 Å². The molecule has 0 bridgehead atoms. The fourth-order valence-electron chi connectivity index (χ4n) is 1.39. The molecule has 0 spiro atoms. The minimum Gasteiger partial charge on any atom is -0.330 e. The summed E-state index contributed by atoms with van der Waals surface area (Å²) in [5.74, 6) is 0.619. The van der Waals surface area contributed by atoms with Crippen molar-refractivity contribution in [2.75, 3.05) is 6.54 Å². The first-order chi connectivity index (χ1) is 6.92. The van der Waals surface area contributed by atoms with E-state index in [1.807, 2.05) is 24.3 Å². The summed E-state index contributed by atoms with van der Waals surface area (Å²) in [6.07, 6.45) is 0.824. The van der Waals surface area contributed by atoms with Gasteiger partial charge in [-0.15, -0.1) is 10.2 Å². The number of hydrogen-bond acceptors (Lipinski definition) is 4. The fourth-order valence-corrected chi connectivity index (χ4v) is 1.39. The lowest BCUT2D eigenvalue weighted by molar-refractivity contribution is 0.881. The number of hydrogen-bond donors (Lipinski definition) is 2. The normalized spacial score (nSPS) is 10.4. The van der Waals surface area contributed by atoms with E-state index >= 15 is 0 Å². The lowest BCUT2D eigenvalue weighted by Crippen LogP contribution is -2.04. The van der Waals surface area contributed by atoms with Crippen molar-refractivity contribution in [3.63, 3.8) is 0 Å². The molecule has 14 heavy (non-hydrogen) atoms. The second kappa shape index (κ2) is 3.97. The van der Waals surface area contributed by atoms with Crippen LogP contribution in [0.2, 0.25) is 0 Å². The maximum absolute atomic E-state index is 5.52. The first-order valence-corrected chi connectivity index (χ1v) is 4.43. The van der Waals surface area contributed by atoms with Crippen molar-refractivity contribution in [3.05, 3.63) is 29.8 Å². The van der Waals surface area contributed by atoms with E-state index in [9.17, 15) is 0 Å². The van der Waals surface area contributed by atoms with E-state index < -0.39 is 0 Å². The summed E-state index contributed by atoms with van der Waals surface area (Å²) < 4.78 is 0. The van der Waals surface area contributed by atoms with Crippen LogP contribution in [0.5, 0.6) is 0 Å². The number of nitrogens with zero attached hydrogens (tertiary/aromatic N) is 3. The van der Waals surface area contributed by atoms with E-state index in [4.69, 9.17) is 5.73 Å². The van der Waals surface area contributed by atoms with E-state index in [0.29, 0.717) is 12.4 Å². The summed E-state index contributed by atoms with van der Waals surface area (Å²) in [6, 6.07) is 7.93. The van der Waals surface area contributed by atoms with Crippen LogP contribution in [-0.4, -0.2) is 27.2 Å². The smallest absolute Gasteiger partial charge is 0.204 e. The summed E-state index contributed by atoms with van der Waals surface area (Å²) >= 11 is 0. The zero-order valence-corrected chi connectivity index (χ0v) is 7.64. The van der Waals surface area contributed by atoms with Gasteiger partial charge in [0.25, 0.3) is 0 Å². The molecule has 5 nitrogen and oxygen atoms in total. The van der Waals surface area contributed by atoms with Crippen LogP contribution in [0.4, 0.5) is 0 Å². The van der Waals surface area contributed by atoms with E-state index in [2.05, 4.69) is 20.6 Å². The van der Waals surface area contributed by atoms with Crippen LogP contribution in [0.3, 0.4) is 0 Å². The zero-order valence-electron chi connectivity index (χ0n) is 7.64. The second-order valence-corrected chi connectivity index (χ2v) is 2.93. The standard InChI is InChI=1S/C9H11N5/c10-6-5-7-3-1-2-4-8(7)9-11-13-14-12-9/h1-4H,5-6,10H2,(H,11,12,13,14). The molecule has 1 heterocycles. The van der Waals surface area contributed by atoms with Crippen molar-refractivity contribution < 1.29 is 0 Å². The van der Waals surface area contributed by atoms with Gasteiger partial charge in [-0.25, -0.2) is 0 Å². The van der Waals surface area contributed by atoms with Crippen LogP contribution in [0, 0.1) is 0 Å². The fraction of sp³-hybridized carbons (Fsp3) is 0.222. The number of nitrogens with two attached hydrogens (primary N) is 1. The predicted molar refractivity (Wildman–Crippen MR) is 52.4 cm³/mol. The highest BCUT2D eigenvalue weighted by molar-refractivity contribution is 5.59. The van der Waals surface area contributed by atoms with Gasteiger partial charge in [-0.3, -0.25) is 0 Å². The summed E-state index contributed by atoms with van der Waals surface area (Å²) in [5.41, 5.74) is 7.66. The number of H-pyrrole nitrogens is 1. The van der Waals surface area contributed by atoms with Gasteiger partial charge in [-0.05, 0) is 23.7 Å². The van der Waals surface area contributed by atoms with Gasteiger partial charge in [-0.1, -0.05) is 24.3 Å². The Labute approximate surface area is 81.3 Å². The van der Waals surface area contributed by atoms with Crippen molar-refractivity contribution in [1.29, 1.82) is 0 Å². The Balaban J connectivity index is 2.42. The van der Waals surface area contributed by atoms with Gasteiger partial charge in [0, 0.05) is 5.56 Å². The number of rotatable bonds is 3. The molecular weight excluding hydrogens is 178 g/mol. The number of nitrogens with one attached hydrogen (secondary N) is 1. The van der Waals surface area contributed by atoms with Crippen LogP contribution in [0.15, 0.2) is 24.3 Å². The van der Waals surface area contributed by atoms with Crippen molar-refractivity contribution in [1.82, 2.24) is 20.6 Å². The molecule has 5 heteroatoms. The molecule has 0 aliphatic rings. The van der Waals surface area contributed by atoms with Gasteiger partial charge in [0.1, 0.15) is 0 Å². The van der Waals surface area contributed by atoms with Gasteiger partial charge in [0.05, 0.1) is 0 Å². The van der Waals surface area contributed by atoms with Crippen molar-refractivity contribution in [3.8, 4) is 11.4 Å². The average Bonchev–Trinajstić information content (AvgIpc) is 2.72. The van der Waals surface area contributed by atoms with E-state index in [1.165, 1.54) is 0 Å². The molecule has 2 rings (SSSR count). The molecule has 0 atom stereocenters. The highest BCUT2D eigenvalue weighted by Crippen LogP contribution is 2.18. The summed E-state index contributed by atoms with van der Waals surface area (Å²) in [6.45, 7) is 0.620. The number of aromatic nitrogens is 4. The summed E-state index contributed by atoms with van der Waals surface area (Å²) in [4.78, 5) is 0. The predicted octanol–water partition coefficient (Wildman–Crippen LogP) is 0.368.